The number of non-ortho nitro benzene ring substituents is 1. The minimum absolute atomic E-state index is 0.00917. The lowest BCUT2D eigenvalue weighted by molar-refractivity contribution is -0.384. The maximum absolute atomic E-state index is 10.7. The Bertz CT molecular complexity index is 732. The Morgan fingerprint density at radius 2 is 1.88 bits per heavy atom. The summed E-state index contributed by atoms with van der Waals surface area (Å²) in [6.07, 6.45) is 1.61. The third kappa shape index (κ3) is 4.70. The molecule has 0 aliphatic rings. The average Bonchev–Trinajstić information content (AvgIpc) is 2.58. The van der Waals surface area contributed by atoms with E-state index in [1.807, 2.05) is 32.0 Å². The quantitative estimate of drug-likeness (QED) is 0.452. The normalized spacial score (nSPS) is 10.6. The third-order valence-electron chi connectivity index (χ3n) is 3.03. The van der Waals surface area contributed by atoms with Gasteiger partial charge in [-0.1, -0.05) is 6.07 Å². The highest BCUT2D eigenvalue weighted by molar-refractivity contribution is 5.81. The Labute approximate surface area is 140 Å². The molecule has 2 rings (SSSR count). The molecular weight excluding hydrogens is 310 g/mol. The van der Waals surface area contributed by atoms with E-state index in [4.69, 9.17) is 9.47 Å². The van der Waals surface area contributed by atoms with Crippen LogP contribution in [0.3, 0.4) is 0 Å². The van der Waals surface area contributed by atoms with Gasteiger partial charge in [-0.2, -0.15) is 5.10 Å². The summed E-state index contributed by atoms with van der Waals surface area (Å²) in [5.41, 5.74) is 4.14. The van der Waals surface area contributed by atoms with Gasteiger partial charge in [0.25, 0.3) is 5.69 Å². The molecule has 7 heteroatoms. The number of nitro benzene ring substituents is 1. The molecule has 0 saturated heterocycles. The van der Waals surface area contributed by atoms with Crippen LogP contribution in [0.1, 0.15) is 19.4 Å². The van der Waals surface area contributed by atoms with E-state index < -0.39 is 4.92 Å². The summed E-state index contributed by atoms with van der Waals surface area (Å²) in [4.78, 5) is 10.3. The van der Waals surface area contributed by atoms with Gasteiger partial charge in [0, 0.05) is 12.1 Å². The number of hydrogen-bond acceptors (Lipinski definition) is 6. The highest BCUT2D eigenvalue weighted by Gasteiger charge is 2.06. The molecule has 0 spiro atoms. The van der Waals surface area contributed by atoms with Crippen LogP contribution in [0, 0.1) is 10.1 Å². The molecule has 0 atom stereocenters. The van der Waals surface area contributed by atoms with Crippen LogP contribution in [0.5, 0.6) is 11.5 Å². The molecule has 126 valence electrons. The fourth-order valence-electron chi connectivity index (χ4n) is 2.02. The maximum atomic E-state index is 10.7. The molecule has 7 nitrogen and oxygen atoms in total. The van der Waals surface area contributed by atoms with Gasteiger partial charge in [0.1, 0.15) is 0 Å². The zero-order valence-corrected chi connectivity index (χ0v) is 13.6. The number of benzene rings is 2. The number of hydrogen-bond donors (Lipinski definition) is 1. The van der Waals surface area contributed by atoms with Crippen molar-refractivity contribution in [3.63, 3.8) is 0 Å². The number of rotatable bonds is 8. The van der Waals surface area contributed by atoms with E-state index in [2.05, 4.69) is 10.5 Å². The van der Waals surface area contributed by atoms with Gasteiger partial charge in [-0.3, -0.25) is 15.5 Å². The van der Waals surface area contributed by atoms with Crippen LogP contribution in [0.4, 0.5) is 11.4 Å². The summed E-state index contributed by atoms with van der Waals surface area (Å²) in [7, 11) is 0. The van der Waals surface area contributed by atoms with Crippen molar-refractivity contribution in [1.29, 1.82) is 0 Å². The van der Waals surface area contributed by atoms with Gasteiger partial charge in [-0.25, -0.2) is 0 Å². The van der Waals surface area contributed by atoms with Crippen LogP contribution < -0.4 is 14.9 Å². The summed E-state index contributed by atoms with van der Waals surface area (Å²) in [5.74, 6) is 1.33. The Balaban J connectivity index is 2.09. The third-order valence-corrected chi connectivity index (χ3v) is 3.03. The summed E-state index contributed by atoms with van der Waals surface area (Å²) in [6.45, 7) is 4.91. The molecule has 0 fully saturated rings. The molecule has 0 amide bonds. The summed E-state index contributed by atoms with van der Waals surface area (Å²) in [5, 5.41) is 14.8. The van der Waals surface area contributed by atoms with Gasteiger partial charge >= 0.3 is 0 Å². The first-order chi connectivity index (χ1) is 11.6. The van der Waals surface area contributed by atoms with Crippen molar-refractivity contribution < 1.29 is 14.4 Å². The molecule has 0 unspecified atom stereocenters. The second-order valence-corrected chi connectivity index (χ2v) is 4.75. The van der Waals surface area contributed by atoms with Crippen LogP contribution in [0.25, 0.3) is 0 Å². The van der Waals surface area contributed by atoms with Crippen LogP contribution in [-0.4, -0.2) is 24.4 Å². The standard InChI is InChI=1S/C17H19N3O4/c1-3-23-16-9-8-13(10-17(16)24-4-2)12-18-19-14-6-5-7-15(11-14)20(21)22/h5-12,19H,3-4H2,1-2H3. The molecule has 2 aromatic rings. The highest BCUT2D eigenvalue weighted by Crippen LogP contribution is 2.28. The first kappa shape index (κ1) is 17.3. The Kier molecular flexibility index (Phi) is 6.13. The SMILES string of the molecule is CCOc1ccc(C=NNc2cccc([N+](=O)[O-])c2)cc1OCC. The number of anilines is 1. The monoisotopic (exact) mass is 329 g/mol. The summed E-state index contributed by atoms with van der Waals surface area (Å²) in [6, 6.07) is 11.6. The maximum Gasteiger partial charge on any atom is 0.271 e. The van der Waals surface area contributed by atoms with Crippen LogP contribution in [0.15, 0.2) is 47.6 Å². The van der Waals surface area contributed by atoms with Crippen molar-refractivity contribution >= 4 is 17.6 Å². The summed E-state index contributed by atoms with van der Waals surface area (Å²) >= 11 is 0. The van der Waals surface area contributed by atoms with E-state index in [-0.39, 0.29) is 5.69 Å². The molecule has 0 heterocycles. The van der Waals surface area contributed by atoms with E-state index in [9.17, 15) is 10.1 Å². The van der Waals surface area contributed by atoms with E-state index >= 15 is 0 Å². The van der Waals surface area contributed by atoms with Gasteiger partial charge in [-0.05, 0) is 43.7 Å². The van der Waals surface area contributed by atoms with E-state index in [1.165, 1.54) is 12.1 Å². The predicted octanol–water partition coefficient (Wildman–Crippen LogP) is 3.84. The largest absolute Gasteiger partial charge is 0.490 e. The smallest absolute Gasteiger partial charge is 0.271 e. The zero-order chi connectivity index (χ0) is 17.4. The fraction of sp³-hybridized carbons (Fsp3) is 0.235. The minimum atomic E-state index is -0.449. The van der Waals surface area contributed by atoms with E-state index in [0.717, 1.165) is 5.56 Å². The number of nitrogens with one attached hydrogen (secondary N) is 1. The molecule has 24 heavy (non-hydrogen) atoms. The first-order valence-corrected chi connectivity index (χ1v) is 7.57. The minimum Gasteiger partial charge on any atom is -0.490 e. The number of nitro groups is 1. The lowest BCUT2D eigenvalue weighted by atomic mass is 10.2. The topological polar surface area (TPSA) is 86.0 Å². The van der Waals surface area contributed by atoms with Crippen LogP contribution in [0.2, 0.25) is 0 Å². The van der Waals surface area contributed by atoms with Crippen molar-refractivity contribution in [2.24, 2.45) is 5.10 Å². The summed E-state index contributed by atoms with van der Waals surface area (Å²) < 4.78 is 11.1. The molecule has 0 bridgehead atoms. The van der Waals surface area contributed by atoms with Gasteiger partial charge in [0.05, 0.1) is 30.0 Å². The molecule has 2 aromatic carbocycles. The highest BCUT2D eigenvalue weighted by atomic mass is 16.6. The predicted molar refractivity (Wildman–Crippen MR) is 93.1 cm³/mol. The van der Waals surface area contributed by atoms with E-state index in [1.54, 1.807) is 18.3 Å². The van der Waals surface area contributed by atoms with Crippen molar-refractivity contribution in [3.05, 3.63) is 58.1 Å². The number of hydrazone groups is 1. The molecule has 0 radical (unpaired) electrons. The Morgan fingerprint density at radius 3 is 2.58 bits per heavy atom. The van der Waals surface area contributed by atoms with Crippen molar-refractivity contribution in [1.82, 2.24) is 0 Å². The molecule has 0 aromatic heterocycles. The molecular formula is C17H19N3O4. The molecule has 0 aliphatic heterocycles. The van der Waals surface area contributed by atoms with E-state index in [0.29, 0.717) is 30.4 Å². The molecule has 0 aliphatic carbocycles. The second-order valence-electron chi connectivity index (χ2n) is 4.75. The van der Waals surface area contributed by atoms with Crippen LogP contribution in [-0.2, 0) is 0 Å². The Hall–Kier alpha value is -3.09. The van der Waals surface area contributed by atoms with Crippen molar-refractivity contribution in [3.8, 4) is 11.5 Å². The lowest BCUT2D eigenvalue weighted by Crippen LogP contribution is -1.99. The Morgan fingerprint density at radius 1 is 1.12 bits per heavy atom. The number of nitrogens with zero attached hydrogens (tertiary/aromatic N) is 2. The molecule has 0 saturated carbocycles. The van der Waals surface area contributed by atoms with Gasteiger partial charge in [0.15, 0.2) is 11.5 Å². The molecule has 1 N–H and O–H groups in total. The van der Waals surface area contributed by atoms with Gasteiger partial charge < -0.3 is 9.47 Å². The van der Waals surface area contributed by atoms with Crippen molar-refractivity contribution in [2.75, 3.05) is 18.6 Å². The van der Waals surface area contributed by atoms with Crippen LogP contribution >= 0.6 is 0 Å². The first-order valence-electron chi connectivity index (χ1n) is 7.57. The van der Waals surface area contributed by atoms with Gasteiger partial charge in [-0.15, -0.1) is 0 Å². The average molecular weight is 329 g/mol. The fourth-order valence-corrected chi connectivity index (χ4v) is 2.02. The van der Waals surface area contributed by atoms with Crippen molar-refractivity contribution in [2.45, 2.75) is 13.8 Å². The second kappa shape index (κ2) is 8.52. The lowest BCUT2D eigenvalue weighted by Gasteiger charge is -2.11. The zero-order valence-electron chi connectivity index (χ0n) is 13.6. The number of ether oxygens (including phenoxy) is 2. The van der Waals surface area contributed by atoms with Gasteiger partial charge in [0.2, 0.25) is 0 Å².